The first kappa shape index (κ1) is 24.5. The molecule has 1 heterocycles. The molecule has 4 rings (SSSR count). The van der Waals surface area contributed by atoms with Crippen LogP contribution in [0.3, 0.4) is 0 Å². The van der Waals surface area contributed by atoms with Crippen molar-refractivity contribution < 1.29 is 14.3 Å². The molecule has 0 radical (unpaired) electrons. The topological polar surface area (TPSA) is 61.9 Å². The van der Waals surface area contributed by atoms with Gasteiger partial charge in [0.1, 0.15) is 6.54 Å². The van der Waals surface area contributed by atoms with Crippen LogP contribution >= 0.6 is 0 Å². The lowest BCUT2D eigenvalue weighted by Crippen LogP contribution is -2.38. The van der Waals surface area contributed by atoms with Crippen LogP contribution in [-0.4, -0.2) is 56.1 Å². The highest BCUT2D eigenvalue weighted by molar-refractivity contribution is 6.00. The molecule has 3 aromatic carbocycles. The number of likely N-dealkylation sites (N-methyl/N-ethyl adjacent to an activating group) is 1. The minimum absolute atomic E-state index is 0.00751. The van der Waals surface area contributed by atoms with Crippen molar-refractivity contribution in [2.75, 3.05) is 49.6 Å². The van der Waals surface area contributed by atoms with E-state index in [0.29, 0.717) is 12.1 Å². The maximum absolute atomic E-state index is 13.3. The van der Waals surface area contributed by atoms with Gasteiger partial charge < -0.3 is 19.9 Å². The second kappa shape index (κ2) is 12.2. The molecule has 182 valence electrons. The molecule has 1 aliphatic heterocycles. The van der Waals surface area contributed by atoms with Crippen molar-refractivity contribution in [3.05, 3.63) is 95.6 Å². The molecule has 2 amide bonds. The molecule has 35 heavy (non-hydrogen) atoms. The van der Waals surface area contributed by atoms with Gasteiger partial charge >= 0.3 is 0 Å². The van der Waals surface area contributed by atoms with E-state index in [1.165, 1.54) is 5.56 Å². The average Bonchev–Trinajstić information content (AvgIpc) is 2.92. The van der Waals surface area contributed by atoms with Crippen LogP contribution in [0, 0.1) is 0 Å². The number of anilines is 2. The molecule has 1 fully saturated rings. The number of carbonyl (C=O) groups excluding carboxylic acids is 2. The van der Waals surface area contributed by atoms with E-state index in [2.05, 4.69) is 22.3 Å². The highest BCUT2D eigenvalue weighted by Crippen LogP contribution is 2.19. The van der Waals surface area contributed by atoms with Gasteiger partial charge in [-0.3, -0.25) is 9.59 Å². The SMILES string of the molecule is CCN(CC(=O)Nc1ccc(N2CCOCC2)cc1)C(=O)c1ccccc1CCc1ccccc1. The summed E-state index contributed by atoms with van der Waals surface area (Å²) in [5.41, 5.74) is 4.73. The van der Waals surface area contributed by atoms with Crippen molar-refractivity contribution in [1.29, 1.82) is 0 Å². The number of ether oxygens (including phenoxy) is 1. The number of amides is 2. The van der Waals surface area contributed by atoms with Gasteiger partial charge in [-0.25, -0.2) is 0 Å². The van der Waals surface area contributed by atoms with Gasteiger partial charge in [-0.1, -0.05) is 48.5 Å². The molecule has 0 bridgehead atoms. The van der Waals surface area contributed by atoms with Crippen LogP contribution in [0.1, 0.15) is 28.4 Å². The molecular weight excluding hydrogens is 438 g/mol. The molecule has 0 aromatic heterocycles. The third kappa shape index (κ3) is 6.70. The smallest absolute Gasteiger partial charge is 0.254 e. The number of hydrogen-bond acceptors (Lipinski definition) is 4. The second-order valence-corrected chi connectivity index (χ2v) is 8.66. The fraction of sp³-hybridized carbons (Fsp3) is 0.310. The highest BCUT2D eigenvalue weighted by atomic mass is 16.5. The number of nitrogens with one attached hydrogen (secondary N) is 1. The van der Waals surface area contributed by atoms with Crippen LogP contribution in [0.5, 0.6) is 0 Å². The van der Waals surface area contributed by atoms with Crippen LogP contribution in [-0.2, 0) is 22.4 Å². The Morgan fingerprint density at radius 1 is 0.886 bits per heavy atom. The van der Waals surface area contributed by atoms with Gasteiger partial charge in [0.05, 0.1) is 13.2 Å². The Morgan fingerprint density at radius 2 is 1.57 bits per heavy atom. The van der Waals surface area contributed by atoms with E-state index in [-0.39, 0.29) is 18.4 Å². The summed E-state index contributed by atoms with van der Waals surface area (Å²) in [6.45, 7) is 5.55. The Morgan fingerprint density at radius 3 is 2.29 bits per heavy atom. The largest absolute Gasteiger partial charge is 0.378 e. The standard InChI is InChI=1S/C29H33N3O3/c1-2-31(22-28(33)30-25-14-16-26(17-15-25)32-18-20-35-21-19-32)29(34)27-11-7-6-10-24(27)13-12-23-8-4-3-5-9-23/h3-11,14-17H,2,12-13,18-22H2,1H3,(H,30,33). The molecule has 0 unspecified atom stereocenters. The lowest BCUT2D eigenvalue weighted by atomic mass is 9.99. The summed E-state index contributed by atoms with van der Waals surface area (Å²) in [6.07, 6.45) is 1.63. The normalized spacial score (nSPS) is 13.3. The number of hydrogen-bond donors (Lipinski definition) is 1. The third-order valence-electron chi connectivity index (χ3n) is 6.30. The zero-order valence-corrected chi connectivity index (χ0v) is 20.3. The molecule has 6 nitrogen and oxygen atoms in total. The lowest BCUT2D eigenvalue weighted by molar-refractivity contribution is -0.116. The highest BCUT2D eigenvalue weighted by Gasteiger charge is 2.20. The van der Waals surface area contributed by atoms with E-state index in [1.54, 1.807) is 4.90 Å². The summed E-state index contributed by atoms with van der Waals surface area (Å²) in [5, 5.41) is 2.93. The molecule has 1 aliphatic rings. The Labute approximate surface area is 207 Å². The van der Waals surface area contributed by atoms with Gasteiger partial charge in [0.15, 0.2) is 0 Å². The predicted octanol–water partition coefficient (Wildman–Crippen LogP) is 4.41. The fourth-order valence-electron chi connectivity index (χ4n) is 4.32. The first-order valence-electron chi connectivity index (χ1n) is 12.3. The number of aryl methyl sites for hydroxylation is 2. The zero-order valence-electron chi connectivity index (χ0n) is 20.3. The van der Waals surface area contributed by atoms with Crippen molar-refractivity contribution in [3.8, 4) is 0 Å². The molecule has 0 aliphatic carbocycles. The maximum atomic E-state index is 13.3. The first-order chi connectivity index (χ1) is 17.1. The van der Waals surface area contributed by atoms with Crippen LogP contribution < -0.4 is 10.2 Å². The van der Waals surface area contributed by atoms with E-state index in [1.807, 2.05) is 73.7 Å². The number of rotatable bonds is 9. The van der Waals surface area contributed by atoms with Crippen LogP contribution in [0.2, 0.25) is 0 Å². The Kier molecular flexibility index (Phi) is 8.52. The summed E-state index contributed by atoms with van der Waals surface area (Å²) in [6, 6.07) is 25.8. The van der Waals surface area contributed by atoms with Gasteiger partial charge in [0.2, 0.25) is 5.91 Å². The fourth-order valence-corrected chi connectivity index (χ4v) is 4.32. The Balaban J connectivity index is 1.36. The molecule has 0 spiro atoms. The van der Waals surface area contributed by atoms with E-state index in [0.717, 1.165) is 56.1 Å². The molecule has 0 saturated carbocycles. The summed E-state index contributed by atoms with van der Waals surface area (Å²) in [4.78, 5) is 30.0. The minimum Gasteiger partial charge on any atom is -0.378 e. The summed E-state index contributed by atoms with van der Waals surface area (Å²) in [7, 11) is 0. The van der Waals surface area contributed by atoms with Gasteiger partial charge in [0, 0.05) is 36.6 Å². The van der Waals surface area contributed by atoms with Crippen LogP contribution in [0.4, 0.5) is 11.4 Å². The van der Waals surface area contributed by atoms with Crippen LogP contribution in [0.15, 0.2) is 78.9 Å². The van der Waals surface area contributed by atoms with E-state index < -0.39 is 0 Å². The molecular formula is C29H33N3O3. The summed E-state index contributed by atoms with van der Waals surface area (Å²) >= 11 is 0. The van der Waals surface area contributed by atoms with E-state index in [9.17, 15) is 9.59 Å². The van der Waals surface area contributed by atoms with Crippen molar-refractivity contribution >= 4 is 23.2 Å². The average molecular weight is 472 g/mol. The third-order valence-corrected chi connectivity index (χ3v) is 6.30. The van der Waals surface area contributed by atoms with Gasteiger partial charge in [-0.05, 0) is 61.2 Å². The second-order valence-electron chi connectivity index (χ2n) is 8.66. The quantitative estimate of drug-likeness (QED) is 0.502. The molecule has 3 aromatic rings. The maximum Gasteiger partial charge on any atom is 0.254 e. The number of carbonyl (C=O) groups is 2. The minimum atomic E-state index is -0.207. The Hall–Kier alpha value is -3.64. The summed E-state index contributed by atoms with van der Waals surface area (Å²) < 4.78 is 5.41. The molecule has 1 saturated heterocycles. The predicted molar refractivity (Wildman–Crippen MR) is 140 cm³/mol. The van der Waals surface area contributed by atoms with Crippen molar-refractivity contribution in [1.82, 2.24) is 4.90 Å². The van der Waals surface area contributed by atoms with Crippen molar-refractivity contribution in [2.45, 2.75) is 19.8 Å². The van der Waals surface area contributed by atoms with Gasteiger partial charge in [0.25, 0.3) is 5.91 Å². The molecule has 0 atom stereocenters. The number of benzene rings is 3. The van der Waals surface area contributed by atoms with E-state index in [4.69, 9.17) is 4.74 Å². The molecule has 6 heteroatoms. The number of morpholine rings is 1. The van der Waals surface area contributed by atoms with Gasteiger partial charge in [-0.15, -0.1) is 0 Å². The zero-order chi connectivity index (χ0) is 24.5. The monoisotopic (exact) mass is 471 g/mol. The van der Waals surface area contributed by atoms with Crippen LogP contribution in [0.25, 0.3) is 0 Å². The summed E-state index contributed by atoms with van der Waals surface area (Å²) in [5.74, 6) is -0.324. The first-order valence-corrected chi connectivity index (χ1v) is 12.3. The van der Waals surface area contributed by atoms with Crippen molar-refractivity contribution in [2.24, 2.45) is 0 Å². The molecule has 1 N–H and O–H groups in total. The number of nitrogens with zero attached hydrogens (tertiary/aromatic N) is 2. The van der Waals surface area contributed by atoms with Gasteiger partial charge in [-0.2, -0.15) is 0 Å². The lowest BCUT2D eigenvalue weighted by Gasteiger charge is -2.29. The van der Waals surface area contributed by atoms with Crippen molar-refractivity contribution in [3.63, 3.8) is 0 Å². The Bertz CT molecular complexity index is 1110. The van der Waals surface area contributed by atoms with E-state index >= 15 is 0 Å².